The molecule has 2 aliphatic rings. The molecular formula is C23H25N3O3. The summed E-state index contributed by atoms with van der Waals surface area (Å²) in [6.07, 6.45) is 0.474. The first kappa shape index (κ1) is 19.4. The molecule has 2 aromatic rings. The smallest absolute Gasteiger partial charge is 0.253 e. The summed E-state index contributed by atoms with van der Waals surface area (Å²) in [5.41, 5.74) is 2.78. The van der Waals surface area contributed by atoms with Crippen LogP contribution in [-0.2, 0) is 0 Å². The molecule has 1 aliphatic carbocycles. The van der Waals surface area contributed by atoms with Gasteiger partial charge in [-0.1, -0.05) is 6.07 Å². The van der Waals surface area contributed by atoms with Crippen LogP contribution in [0.1, 0.15) is 40.2 Å². The fraction of sp³-hybridized carbons (Fsp3) is 0.435. The number of fused-ring (bicyclic) bond motifs is 1. The summed E-state index contributed by atoms with van der Waals surface area (Å²) >= 11 is 0. The molecule has 4 rings (SSSR count). The number of rotatable bonds is 3. The lowest BCUT2D eigenvalue weighted by Crippen LogP contribution is -2.42. The monoisotopic (exact) mass is 391 g/mol. The molecule has 6 nitrogen and oxygen atoms in total. The largest absolute Gasteiger partial charge is 0.486 e. The molecule has 1 N–H and O–H groups in total. The van der Waals surface area contributed by atoms with Gasteiger partial charge in [0, 0.05) is 24.3 Å². The van der Waals surface area contributed by atoms with E-state index in [0.717, 1.165) is 11.4 Å². The maximum absolute atomic E-state index is 12.9. The van der Waals surface area contributed by atoms with Gasteiger partial charge in [0.25, 0.3) is 5.91 Å². The number of aliphatic hydroxyl groups is 1. The van der Waals surface area contributed by atoms with E-state index >= 15 is 0 Å². The number of aryl methyl sites for hydroxylation is 2. The molecule has 1 saturated carbocycles. The second-order valence-corrected chi connectivity index (χ2v) is 8.15. The van der Waals surface area contributed by atoms with Gasteiger partial charge in [-0.15, -0.1) is 0 Å². The van der Waals surface area contributed by atoms with Gasteiger partial charge in [-0.3, -0.25) is 9.78 Å². The highest BCUT2D eigenvalue weighted by Crippen LogP contribution is 2.38. The van der Waals surface area contributed by atoms with Gasteiger partial charge in [0.2, 0.25) is 0 Å². The van der Waals surface area contributed by atoms with Crippen LogP contribution in [0.5, 0.6) is 5.75 Å². The molecule has 2 fully saturated rings. The molecule has 4 atom stereocenters. The number of ether oxygens (including phenoxy) is 1. The van der Waals surface area contributed by atoms with Crippen molar-refractivity contribution in [3.8, 4) is 11.8 Å². The van der Waals surface area contributed by atoms with E-state index in [1.165, 1.54) is 0 Å². The minimum absolute atomic E-state index is 0.0537. The van der Waals surface area contributed by atoms with Gasteiger partial charge in [-0.25, -0.2) is 0 Å². The average Bonchev–Trinajstić information content (AvgIpc) is 3.12. The topological polar surface area (TPSA) is 86.5 Å². The molecule has 1 saturated heterocycles. The number of nitrogens with zero attached hydrogens (tertiary/aromatic N) is 3. The van der Waals surface area contributed by atoms with Gasteiger partial charge in [0.05, 0.1) is 23.4 Å². The van der Waals surface area contributed by atoms with E-state index in [1.807, 2.05) is 30.9 Å². The number of nitriles is 1. The minimum Gasteiger partial charge on any atom is -0.486 e. The molecule has 6 heteroatoms. The molecule has 2 heterocycles. The third-order valence-electron chi connectivity index (χ3n) is 6.07. The number of benzene rings is 1. The molecule has 0 radical (unpaired) electrons. The van der Waals surface area contributed by atoms with Crippen LogP contribution in [0.15, 0.2) is 36.4 Å². The van der Waals surface area contributed by atoms with Crippen LogP contribution in [0.4, 0.5) is 0 Å². The molecular weight excluding hydrogens is 366 g/mol. The van der Waals surface area contributed by atoms with Gasteiger partial charge >= 0.3 is 0 Å². The zero-order chi connectivity index (χ0) is 20.5. The summed E-state index contributed by atoms with van der Waals surface area (Å²) in [5, 5.41) is 19.7. The fourth-order valence-corrected chi connectivity index (χ4v) is 4.55. The van der Waals surface area contributed by atoms with Crippen molar-refractivity contribution in [3.63, 3.8) is 0 Å². The zero-order valence-electron chi connectivity index (χ0n) is 16.7. The predicted octanol–water partition coefficient (Wildman–Crippen LogP) is 2.86. The molecule has 1 aliphatic heterocycles. The van der Waals surface area contributed by atoms with E-state index in [4.69, 9.17) is 10.00 Å². The van der Waals surface area contributed by atoms with E-state index in [2.05, 4.69) is 11.1 Å². The molecule has 0 bridgehead atoms. The van der Waals surface area contributed by atoms with Crippen LogP contribution in [0.3, 0.4) is 0 Å². The van der Waals surface area contributed by atoms with Crippen molar-refractivity contribution >= 4 is 5.91 Å². The first-order valence-corrected chi connectivity index (χ1v) is 10.0. The van der Waals surface area contributed by atoms with E-state index in [1.54, 1.807) is 24.3 Å². The molecule has 150 valence electrons. The Hall–Kier alpha value is -2.91. The van der Waals surface area contributed by atoms with E-state index in [-0.39, 0.29) is 17.9 Å². The Morgan fingerprint density at radius 3 is 2.69 bits per heavy atom. The molecule has 0 unspecified atom stereocenters. The van der Waals surface area contributed by atoms with E-state index < -0.39 is 6.10 Å². The van der Waals surface area contributed by atoms with Gasteiger partial charge in [0.15, 0.2) is 0 Å². The van der Waals surface area contributed by atoms with Gasteiger partial charge < -0.3 is 14.7 Å². The Morgan fingerprint density at radius 2 is 1.97 bits per heavy atom. The maximum atomic E-state index is 12.9. The Morgan fingerprint density at radius 1 is 1.21 bits per heavy atom. The lowest BCUT2D eigenvalue weighted by molar-refractivity contribution is -0.0236. The molecule has 1 aromatic carbocycles. The average molecular weight is 391 g/mol. The van der Waals surface area contributed by atoms with Crippen LogP contribution in [0, 0.1) is 37.0 Å². The standard InChI is InChI=1S/C23H25N3O3/c1-14-6-7-21(15(2)25-14)29-22-10-19-13-26(12-18(19)9-20(22)27)23(28)17-5-3-4-16(8-17)11-24/h3-8,18-20,22,27H,9-10,12-13H2,1-2H3/t18-,19+,20+,22+/m0/s1. The number of amides is 1. The van der Waals surface area contributed by atoms with Crippen LogP contribution < -0.4 is 4.74 Å². The third-order valence-corrected chi connectivity index (χ3v) is 6.07. The number of carbonyl (C=O) groups excluding carboxylic acids is 1. The van der Waals surface area contributed by atoms with Crippen molar-refractivity contribution in [1.82, 2.24) is 9.88 Å². The van der Waals surface area contributed by atoms with Gasteiger partial charge in [-0.05, 0) is 68.9 Å². The van der Waals surface area contributed by atoms with Crippen molar-refractivity contribution in [2.75, 3.05) is 13.1 Å². The number of carbonyl (C=O) groups is 1. The summed E-state index contributed by atoms with van der Waals surface area (Å²) in [6, 6.07) is 12.7. The van der Waals surface area contributed by atoms with Crippen LogP contribution in [0.2, 0.25) is 0 Å². The SMILES string of the molecule is Cc1ccc(O[C@@H]2C[C@@H]3CN(C(=O)c4cccc(C#N)c4)C[C@@H]3C[C@H]2O)c(C)n1. The van der Waals surface area contributed by atoms with Gasteiger partial charge in [0.1, 0.15) is 11.9 Å². The normalized spacial score (nSPS) is 25.9. The predicted molar refractivity (Wildman–Crippen MR) is 107 cm³/mol. The number of pyridine rings is 1. The van der Waals surface area contributed by atoms with Crippen LogP contribution in [-0.4, -0.2) is 46.2 Å². The van der Waals surface area contributed by atoms with Gasteiger partial charge in [-0.2, -0.15) is 5.26 Å². The van der Waals surface area contributed by atoms with Crippen molar-refractivity contribution < 1.29 is 14.6 Å². The fourth-order valence-electron chi connectivity index (χ4n) is 4.55. The Kier molecular flexibility index (Phi) is 5.25. The van der Waals surface area contributed by atoms with Crippen LogP contribution in [0.25, 0.3) is 0 Å². The molecule has 1 amide bonds. The second-order valence-electron chi connectivity index (χ2n) is 8.15. The number of aromatic nitrogens is 1. The second kappa shape index (κ2) is 7.84. The zero-order valence-corrected chi connectivity index (χ0v) is 16.7. The summed E-state index contributed by atoms with van der Waals surface area (Å²) < 4.78 is 6.12. The van der Waals surface area contributed by atoms with Crippen molar-refractivity contribution in [1.29, 1.82) is 5.26 Å². The van der Waals surface area contributed by atoms with E-state index in [0.29, 0.717) is 48.7 Å². The Balaban J connectivity index is 1.44. The number of hydrogen-bond acceptors (Lipinski definition) is 5. The summed E-state index contributed by atoms with van der Waals surface area (Å²) in [7, 11) is 0. The Labute approximate surface area is 170 Å². The summed E-state index contributed by atoms with van der Waals surface area (Å²) in [6.45, 7) is 5.13. The number of aliphatic hydroxyl groups excluding tert-OH is 1. The summed E-state index contributed by atoms with van der Waals surface area (Å²) in [5.74, 6) is 1.22. The highest BCUT2D eigenvalue weighted by atomic mass is 16.5. The maximum Gasteiger partial charge on any atom is 0.253 e. The molecule has 29 heavy (non-hydrogen) atoms. The van der Waals surface area contributed by atoms with Crippen molar-refractivity contribution in [2.45, 2.75) is 38.9 Å². The minimum atomic E-state index is -0.561. The lowest BCUT2D eigenvalue weighted by Gasteiger charge is -2.35. The lowest BCUT2D eigenvalue weighted by atomic mass is 9.78. The van der Waals surface area contributed by atoms with E-state index in [9.17, 15) is 9.90 Å². The third kappa shape index (κ3) is 3.96. The highest BCUT2D eigenvalue weighted by molar-refractivity contribution is 5.94. The number of likely N-dealkylation sites (tertiary alicyclic amines) is 1. The van der Waals surface area contributed by atoms with Crippen LogP contribution >= 0.6 is 0 Å². The highest BCUT2D eigenvalue weighted by Gasteiger charge is 2.44. The Bertz CT molecular complexity index is 968. The first-order valence-electron chi connectivity index (χ1n) is 10.0. The quantitative estimate of drug-likeness (QED) is 0.869. The molecule has 1 aromatic heterocycles. The van der Waals surface area contributed by atoms with Crippen molar-refractivity contribution in [3.05, 3.63) is 58.9 Å². The first-order chi connectivity index (χ1) is 13.9. The van der Waals surface area contributed by atoms with Crippen molar-refractivity contribution in [2.24, 2.45) is 11.8 Å². The molecule has 0 spiro atoms. The number of hydrogen-bond donors (Lipinski definition) is 1. The summed E-state index contributed by atoms with van der Waals surface area (Å²) in [4.78, 5) is 19.2.